The van der Waals surface area contributed by atoms with Gasteiger partial charge in [0.05, 0.1) is 35.9 Å². The van der Waals surface area contributed by atoms with Crippen molar-refractivity contribution in [2.24, 2.45) is 0 Å². The second kappa shape index (κ2) is 8.58. The quantitative estimate of drug-likeness (QED) is 0.608. The van der Waals surface area contributed by atoms with Gasteiger partial charge in [-0.3, -0.25) is 4.79 Å². The van der Waals surface area contributed by atoms with Gasteiger partial charge in [0.15, 0.2) is 0 Å². The fourth-order valence-electron chi connectivity index (χ4n) is 3.03. The van der Waals surface area contributed by atoms with E-state index >= 15 is 0 Å². The van der Waals surface area contributed by atoms with Crippen molar-refractivity contribution < 1.29 is 14.6 Å². The number of nitrogens with one attached hydrogen (secondary N) is 1. The van der Waals surface area contributed by atoms with E-state index in [0.717, 1.165) is 15.9 Å². The summed E-state index contributed by atoms with van der Waals surface area (Å²) in [5, 5.41) is 17.6. The standard InChI is InChI=1S/C21H22BrN3O3/c1-13-20(14(2)25(24-13)17-8-6-16(22)7-9-17)21(27)23-12-19(26)15-4-10-18(28-3)11-5-15/h4-11,19,26H,12H2,1-3H3,(H,23,27). The Morgan fingerprint density at radius 2 is 1.82 bits per heavy atom. The van der Waals surface area contributed by atoms with Gasteiger partial charge in [-0.05, 0) is 55.8 Å². The molecule has 0 aliphatic heterocycles. The summed E-state index contributed by atoms with van der Waals surface area (Å²) < 4.78 is 7.84. The van der Waals surface area contributed by atoms with Crippen molar-refractivity contribution in [3.63, 3.8) is 0 Å². The second-order valence-electron chi connectivity index (χ2n) is 6.43. The molecule has 0 bridgehead atoms. The van der Waals surface area contributed by atoms with Crippen LogP contribution in [0.1, 0.15) is 33.4 Å². The molecular formula is C21H22BrN3O3. The van der Waals surface area contributed by atoms with Crippen LogP contribution in [-0.2, 0) is 0 Å². The number of halogens is 1. The molecule has 0 fully saturated rings. The molecule has 3 aromatic rings. The third kappa shape index (κ3) is 4.26. The Labute approximate surface area is 172 Å². The zero-order valence-corrected chi connectivity index (χ0v) is 17.5. The predicted octanol–water partition coefficient (Wildman–Crippen LogP) is 3.72. The Balaban J connectivity index is 1.72. The van der Waals surface area contributed by atoms with Crippen LogP contribution < -0.4 is 10.1 Å². The lowest BCUT2D eigenvalue weighted by Crippen LogP contribution is -2.29. The maximum Gasteiger partial charge on any atom is 0.255 e. The molecule has 0 aliphatic carbocycles. The van der Waals surface area contributed by atoms with Crippen LogP contribution in [0.15, 0.2) is 53.0 Å². The fourth-order valence-corrected chi connectivity index (χ4v) is 3.29. The zero-order valence-electron chi connectivity index (χ0n) is 15.9. The number of benzene rings is 2. The molecule has 0 aliphatic rings. The van der Waals surface area contributed by atoms with E-state index in [0.29, 0.717) is 22.6 Å². The van der Waals surface area contributed by atoms with Gasteiger partial charge in [0.25, 0.3) is 5.91 Å². The molecule has 0 spiro atoms. The molecule has 3 rings (SSSR count). The number of hydrogen-bond acceptors (Lipinski definition) is 4. The summed E-state index contributed by atoms with van der Waals surface area (Å²) in [5.74, 6) is 0.456. The predicted molar refractivity (Wildman–Crippen MR) is 111 cm³/mol. The third-order valence-corrected chi connectivity index (χ3v) is 5.07. The number of carbonyl (C=O) groups is 1. The van der Waals surface area contributed by atoms with Crippen molar-refractivity contribution in [3.05, 3.63) is 75.5 Å². The van der Waals surface area contributed by atoms with Crippen molar-refractivity contribution in [2.75, 3.05) is 13.7 Å². The van der Waals surface area contributed by atoms with E-state index in [9.17, 15) is 9.90 Å². The monoisotopic (exact) mass is 443 g/mol. The lowest BCUT2D eigenvalue weighted by Gasteiger charge is -2.13. The van der Waals surface area contributed by atoms with Crippen molar-refractivity contribution in [3.8, 4) is 11.4 Å². The minimum atomic E-state index is -0.808. The molecule has 1 aromatic heterocycles. The highest BCUT2D eigenvalue weighted by Crippen LogP contribution is 2.21. The largest absolute Gasteiger partial charge is 0.497 e. The van der Waals surface area contributed by atoms with E-state index in [1.165, 1.54) is 0 Å². The number of aliphatic hydroxyl groups excluding tert-OH is 1. The number of amides is 1. The molecule has 2 aromatic carbocycles. The normalized spacial score (nSPS) is 11.9. The SMILES string of the molecule is COc1ccc(C(O)CNC(=O)c2c(C)nn(-c3ccc(Br)cc3)c2C)cc1. The molecule has 1 unspecified atom stereocenters. The van der Waals surface area contributed by atoms with E-state index in [2.05, 4.69) is 26.3 Å². The number of ether oxygens (including phenoxy) is 1. The van der Waals surface area contributed by atoms with Crippen LogP contribution in [0.3, 0.4) is 0 Å². The molecule has 1 amide bonds. The molecule has 1 heterocycles. The lowest BCUT2D eigenvalue weighted by molar-refractivity contribution is 0.0915. The van der Waals surface area contributed by atoms with Crippen molar-refractivity contribution >= 4 is 21.8 Å². The van der Waals surface area contributed by atoms with Crippen LogP contribution in [0.4, 0.5) is 0 Å². The first-order valence-electron chi connectivity index (χ1n) is 8.83. The summed E-state index contributed by atoms with van der Waals surface area (Å²) in [5.41, 5.74) is 3.49. The number of carbonyl (C=O) groups excluding carboxylic acids is 1. The van der Waals surface area contributed by atoms with Crippen LogP contribution in [0.5, 0.6) is 5.75 Å². The number of aliphatic hydroxyl groups is 1. The molecule has 0 saturated carbocycles. The van der Waals surface area contributed by atoms with Crippen molar-refractivity contribution in [1.29, 1.82) is 0 Å². The van der Waals surface area contributed by atoms with Crippen LogP contribution in [-0.4, -0.2) is 34.4 Å². The Bertz CT molecular complexity index is 966. The number of hydrogen-bond donors (Lipinski definition) is 2. The van der Waals surface area contributed by atoms with Crippen molar-refractivity contribution in [1.82, 2.24) is 15.1 Å². The number of methoxy groups -OCH3 is 1. The van der Waals surface area contributed by atoms with Crippen LogP contribution >= 0.6 is 15.9 Å². The first-order chi connectivity index (χ1) is 13.4. The number of nitrogens with zero attached hydrogens (tertiary/aromatic N) is 2. The number of aromatic nitrogens is 2. The van der Waals surface area contributed by atoms with Gasteiger partial charge in [0, 0.05) is 11.0 Å². The van der Waals surface area contributed by atoms with Gasteiger partial charge in [0.1, 0.15) is 5.75 Å². The summed E-state index contributed by atoms with van der Waals surface area (Å²) in [6.45, 7) is 3.77. The van der Waals surface area contributed by atoms with Crippen LogP contribution in [0.25, 0.3) is 5.69 Å². The smallest absolute Gasteiger partial charge is 0.255 e. The lowest BCUT2D eigenvalue weighted by atomic mass is 10.1. The summed E-state index contributed by atoms with van der Waals surface area (Å²) >= 11 is 3.42. The first-order valence-corrected chi connectivity index (χ1v) is 9.62. The molecule has 6 nitrogen and oxygen atoms in total. The highest BCUT2D eigenvalue weighted by Gasteiger charge is 2.20. The van der Waals surface area contributed by atoms with Crippen LogP contribution in [0, 0.1) is 13.8 Å². The fraction of sp³-hybridized carbons (Fsp3) is 0.238. The Morgan fingerprint density at radius 3 is 2.43 bits per heavy atom. The second-order valence-corrected chi connectivity index (χ2v) is 7.35. The average molecular weight is 444 g/mol. The van der Waals surface area contributed by atoms with E-state index in [1.807, 2.05) is 31.2 Å². The van der Waals surface area contributed by atoms with Gasteiger partial charge in [-0.2, -0.15) is 5.10 Å². The molecule has 2 N–H and O–H groups in total. The van der Waals surface area contributed by atoms with E-state index < -0.39 is 6.10 Å². The highest BCUT2D eigenvalue weighted by atomic mass is 79.9. The van der Waals surface area contributed by atoms with Crippen LogP contribution in [0.2, 0.25) is 0 Å². The maximum absolute atomic E-state index is 12.7. The van der Waals surface area contributed by atoms with Crippen molar-refractivity contribution in [2.45, 2.75) is 20.0 Å². The topological polar surface area (TPSA) is 76.4 Å². The van der Waals surface area contributed by atoms with E-state index in [4.69, 9.17) is 4.74 Å². The Hall–Kier alpha value is -2.64. The first kappa shape index (κ1) is 20.1. The molecule has 0 radical (unpaired) electrons. The molecule has 28 heavy (non-hydrogen) atoms. The molecule has 0 saturated heterocycles. The average Bonchev–Trinajstić information content (AvgIpc) is 3.00. The van der Waals surface area contributed by atoms with Gasteiger partial charge in [-0.25, -0.2) is 4.68 Å². The third-order valence-electron chi connectivity index (χ3n) is 4.55. The Kier molecular flexibility index (Phi) is 6.16. The van der Waals surface area contributed by atoms with Gasteiger partial charge >= 0.3 is 0 Å². The van der Waals surface area contributed by atoms with Gasteiger partial charge in [-0.15, -0.1) is 0 Å². The number of rotatable bonds is 6. The molecule has 7 heteroatoms. The van der Waals surface area contributed by atoms with Gasteiger partial charge in [-0.1, -0.05) is 28.1 Å². The molecular weight excluding hydrogens is 422 g/mol. The minimum Gasteiger partial charge on any atom is -0.497 e. The molecule has 1 atom stereocenters. The minimum absolute atomic E-state index is 0.105. The zero-order chi connectivity index (χ0) is 20.3. The van der Waals surface area contributed by atoms with Gasteiger partial charge in [0.2, 0.25) is 0 Å². The number of aryl methyl sites for hydroxylation is 1. The highest BCUT2D eigenvalue weighted by molar-refractivity contribution is 9.10. The van der Waals surface area contributed by atoms with E-state index in [-0.39, 0.29) is 12.5 Å². The summed E-state index contributed by atoms with van der Waals surface area (Å²) in [7, 11) is 1.59. The molecule has 146 valence electrons. The maximum atomic E-state index is 12.7. The summed E-state index contributed by atoms with van der Waals surface area (Å²) in [6.07, 6.45) is -0.808. The van der Waals surface area contributed by atoms with Gasteiger partial charge < -0.3 is 15.2 Å². The Morgan fingerprint density at radius 1 is 1.18 bits per heavy atom. The van der Waals surface area contributed by atoms with E-state index in [1.54, 1.807) is 43.0 Å². The summed E-state index contributed by atoms with van der Waals surface area (Å²) in [6, 6.07) is 14.8. The summed E-state index contributed by atoms with van der Waals surface area (Å²) in [4.78, 5) is 12.7.